The lowest BCUT2D eigenvalue weighted by Crippen LogP contribution is -2.05. The van der Waals surface area contributed by atoms with E-state index in [-0.39, 0.29) is 16.7 Å². The lowest BCUT2D eigenvalue weighted by Gasteiger charge is -1.98. The summed E-state index contributed by atoms with van der Waals surface area (Å²) in [5.41, 5.74) is 0.881. The Hall–Kier alpha value is -3.19. The molecular formula is C17H8O4. The number of fused-ring (bicyclic) bond motifs is 1. The number of hydrogen-bond acceptors (Lipinski definition) is 4. The molecule has 0 bridgehead atoms. The smallest absolute Gasteiger partial charge is 0.347 e. The summed E-state index contributed by atoms with van der Waals surface area (Å²) in [6.07, 6.45) is 0. The zero-order valence-corrected chi connectivity index (χ0v) is 10.8. The summed E-state index contributed by atoms with van der Waals surface area (Å²) >= 11 is 0. The van der Waals surface area contributed by atoms with Crippen LogP contribution in [0.25, 0.3) is 0 Å². The molecule has 0 N–H and O–H groups in total. The van der Waals surface area contributed by atoms with Crippen molar-refractivity contribution in [3.05, 3.63) is 70.8 Å². The highest BCUT2D eigenvalue weighted by molar-refractivity contribution is 6.22. The highest BCUT2D eigenvalue weighted by Gasteiger charge is 2.33. The molecule has 1 heterocycles. The second-order valence-corrected chi connectivity index (χ2v) is 4.35. The number of benzene rings is 2. The van der Waals surface area contributed by atoms with Crippen LogP contribution >= 0.6 is 0 Å². The minimum Gasteiger partial charge on any atom is -0.386 e. The molecule has 3 rings (SSSR count). The molecule has 0 unspecified atom stereocenters. The fraction of sp³-hybridized carbons (Fsp3) is 0. The van der Waals surface area contributed by atoms with Crippen LogP contribution in [0.3, 0.4) is 0 Å². The third kappa shape index (κ3) is 2.33. The normalized spacial score (nSPS) is 12.2. The molecule has 4 nitrogen and oxygen atoms in total. The minimum atomic E-state index is -0.805. The largest absolute Gasteiger partial charge is 0.386 e. The van der Waals surface area contributed by atoms with Crippen molar-refractivity contribution in [3.63, 3.8) is 0 Å². The number of ketones is 1. The Morgan fingerprint density at radius 1 is 0.905 bits per heavy atom. The molecule has 0 radical (unpaired) electrons. The number of Topliss-reactive ketones (excluding diaryl/α,β-unsaturated/α-hetero) is 1. The van der Waals surface area contributed by atoms with E-state index >= 15 is 0 Å². The molecule has 0 fully saturated rings. The zero-order chi connectivity index (χ0) is 14.8. The SMILES string of the molecule is O=C(C#Cc1ccccc1)c1cccc2c1C(=O)OC2=O. The van der Waals surface area contributed by atoms with Gasteiger partial charge in [0.25, 0.3) is 0 Å². The summed E-state index contributed by atoms with van der Waals surface area (Å²) < 4.78 is 4.51. The molecular weight excluding hydrogens is 268 g/mol. The van der Waals surface area contributed by atoms with Gasteiger partial charge >= 0.3 is 11.9 Å². The van der Waals surface area contributed by atoms with E-state index in [0.717, 1.165) is 0 Å². The Morgan fingerprint density at radius 2 is 1.67 bits per heavy atom. The summed E-state index contributed by atoms with van der Waals surface area (Å²) in [4.78, 5) is 35.2. The highest BCUT2D eigenvalue weighted by atomic mass is 16.6. The Balaban J connectivity index is 2.00. The maximum atomic E-state index is 12.1. The Bertz CT molecular complexity index is 823. The van der Waals surface area contributed by atoms with E-state index in [0.29, 0.717) is 5.56 Å². The molecule has 0 saturated heterocycles. The van der Waals surface area contributed by atoms with Crippen molar-refractivity contribution in [2.24, 2.45) is 0 Å². The number of ether oxygens (including phenoxy) is 1. The topological polar surface area (TPSA) is 60.4 Å². The van der Waals surface area contributed by atoms with E-state index in [1.54, 1.807) is 12.1 Å². The van der Waals surface area contributed by atoms with E-state index < -0.39 is 17.7 Å². The molecule has 0 spiro atoms. The molecule has 0 atom stereocenters. The minimum absolute atomic E-state index is 0.00476. The van der Waals surface area contributed by atoms with Crippen molar-refractivity contribution in [2.45, 2.75) is 0 Å². The van der Waals surface area contributed by atoms with Gasteiger partial charge in [0, 0.05) is 11.1 Å². The molecule has 0 aromatic heterocycles. The third-order valence-corrected chi connectivity index (χ3v) is 3.01. The molecule has 2 aromatic carbocycles. The van der Waals surface area contributed by atoms with Crippen LogP contribution in [0.5, 0.6) is 0 Å². The van der Waals surface area contributed by atoms with Crippen LogP contribution in [0.4, 0.5) is 0 Å². The monoisotopic (exact) mass is 276 g/mol. The van der Waals surface area contributed by atoms with Gasteiger partial charge in [-0.1, -0.05) is 30.2 Å². The predicted molar refractivity (Wildman–Crippen MR) is 73.8 cm³/mol. The molecule has 1 aliphatic rings. The lowest BCUT2D eigenvalue weighted by molar-refractivity contribution is 0.0442. The first-order valence-electron chi connectivity index (χ1n) is 6.18. The standard InChI is InChI=1S/C17H8O4/c18-14(10-9-11-5-2-1-3-6-11)12-7-4-8-13-15(12)17(20)21-16(13)19/h1-8H. The molecule has 2 aromatic rings. The summed E-state index contributed by atoms with van der Waals surface area (Å²) in [5, 5.41) is 0. The van der Waals surface area contributed by atoms with Crippen molar-refractivity contribution in [2.75, 3.05) is 0 Å². The number of rotatable bonds is 1. The molecule has 0 saturated carbocycles. The van der Waals surface area contributed by atoms with Crippen molar-refractivity contribution in [1.29, 1.82) is 0 Å². The fourth-order valence-corrected chi connectivity index (χ4v) is 2.04. The van der Waals surface area contributed by atoms with E-state index in [9.17, 15) is 14.4 Å². The second-order valence-electron chi connectivity index (χ2n) is 4.35. The van der Waals surface area contributed by atoms with Gasteiger partial charge in [-0.05, 0) is 30.2 Å². The molecule has 21 heavy (non-hydrogen) atoms. The predicted octanol–water partition coefficient (Wildman–Crippen LogP) is 2.23. The second kappa shape index (κ2) is 5.06. The van der Waals surface area contributed by atoms with Crippen LogP contribution in [0, 0.1) is 11.8 Å². The molecule has 4 heteroatoms. The fourth-order valence-electron chi connectivity index (χ4n) is 2.04. The van der Waals surface area contributed by atoms with Crippen LogP contribution in [-0.4, -0.2) is 17.7 Å². The van der Waals surface area contributed by atoms with Crippen LogP contribution < -0.4 is 0 Å². The van der Waals surface area contributed by atoms with Crippen LogP contribution in [0.2, 0.25) is 0 Å². The maximum absolute atomic E-state index is 12.1. The Kier molecular flexibility index (Phi) is 3.09. The first kappa shape index (κ1) is 12.8. The Labute approximate surface area is 120 Å². The average molecular weight is 276 g/mol. The highest BCUT2D eigenvalue weighted by Crippen LogP contribution is 2.23. The van der Waals surface area contributed by atoms with Gasteiger partial charge < -0.3 is 4.74 Å². The number of esters is 2. The average Bonchev–Trinajstić information content (AvgIpc) is 2.81. The van der Waals surface area contributed by atoms with E-state index in [4.69, 9.17) is 0 Å². The van der Waals surface area contributed by atoms with Gasteiger partial charge in [0.15, 0.2) is 0 Å². The third-order valence-electron chi connectivity index (χ3n) is 3.01. The molecule has 1 aliphatic heterocycles. The number of carbonyl (C=O) groups excluding carboxylic acids is 3. The number of cyclic esters (lactones) is 2. The van der Waals surface area contributed by atoms with Crippen molar-refractivity contribution in [3.8, 4) is 11.8 Å². The van der Waals surface area contributed by atoms with Crippen molar-refractivity contribution in [1.82, 2.24) is 0 Å². The van der Waals surface area contributed by atoms with Crippen LogP contribution in [0.15, 0.2) is 48.5 Å². The summed E-state index contributed by atoms with van der Waals surface area (Å²) in [6.45, 7) is 0. The van der Waals surface area contributed by atoms with Gasteiger partial charge in [-0.15, -0.1) is 0 Å². The first-order valence-corrected chi connectivity index (χ1v) is 6.18. The van der Waals surface area contributed by atoms with Gasteiger partial charge in [-0.25, -0.2) is 9.59 Å². The van der Waals surface area contributed by atoms with Crippen molar-refractivity contribution >= 4 is 17.7 Å². The zero-order valence-electron chi connectivity index (χ0n) is 10.8. The van der Waals surface area contributed by atoms with E-state index in [2.05, 4.69) is 16.6 Å². The van der Waals surface area contributed by atoms with Gasteiger partial charge in [0.1, 0.15) is 0 Å². The van der Waals surface area contributed by atoms with Crippen LogP contribution in [-0.2, 0) is 4.74 Å². The van der Waals surface area contributed by atoms with E-state index in [1.807, 2.05) is 18.2 Å². The number of hydrogen-bond donors (Lipinski definition) is 0. The van der Waals surface area contributed by atoms with Gasteiger partial charge in [0.05, 0.1) is 11.1 Å². The summed E-state index contributed by atoms with van der Waals surface area (Å²) in [6, 6.07) is 13.4. The molecule has 0 amide bonds. The van der Waals surface area contributed by atoms with Gasteiger partial charge in [-0.2, -0.15) is 0 Å². The maximum Gasteiger partial charge on any atom is 0.347 e. The summed E-state index contributed by atoms with van der Waals surface area (Å²) in [7, 11) is 0. The van der Waals surface area contributed by atoms with Crippen molar-refractivity contribution < 1.29 is 19.1 Å². The van der Waals surface area contributed by atoms with Crippen LogP contribution in [0.1, 0.15) is 36.6 Å². The lowest BCUT2D eigenvalue weighted by atomic mass is 9.99. The van der Waals surface area contributed by atoms with Gasteiger partial charge in [-0.3, -0.25) is 4.79 Å². The number of carbonyl (C=O) groups is 3. The Morgan fingerprint density at radius 3 is 2.43 bits per heavy atom. The quantitative estimate of drug-likeness (QED) is 0.347. The molecule has 100 valence electrons. The van der Waals surface area contributed by atoms with Gasteiger partial charge in [0.2, 0.25) is 5.78 Å². The first-order chi connectivity index (χ1) is 10.2. The van der Waals surface area contributed by atoms with E-state index in [1.165, 1.54) is 18.2 Å². The molecule has 0 aliphatic carbocycles. The summed E-state index contributed by atoms with van der Waals surface area (Å²) in [5.74, 6) is 3.13.